The van der Waals surface area contributed by atoms with Crippen molar-refractivity contribution in [3.8, 4) is 0 Å². The highest BCUT2D eigenvalue weighted by atomic mass is 79.9. The predicted molar refractivity (Wildman–Crippen MR) is 92.9 cm³/mol. The first-order valence-electron chi connectivity index (χ1n) is 7.57. The highest BCUT2D eigenvalue weighted by molar-refractivity contribution is 9.10. The van der Waals surface area contributed by atoms with Gasteiger partial charge in [-0.25, -0.2) is 4.79 Å². The highest BCUT2D eigenvalue weighted by Gasteiger charge is 2.27. The molecule has 24 heavy (non-hydrogen) atoms. The summed E-state index contributed by atoms with van der Waals surface area (Å²) in [7, 11) is 1.33. The van der Waals surface area contributed by atoms with Crippen molar-refractivity contribution in [2.75, 3.05) is 7.11 Å². The molecular weight excluding hydrogens is 374 g/mol. The summed E-state index contributed by atoms with van der Waals surface area (Å²) in [6, 6.07) is 8.91. The zero-order chi connectivity index (χ0) is 17.1. The molecule has 1 aliphatic carbocycles. The summed E-state index contributed by atoms with van der Waals surface area (Å²) in [4.78, 5) is 28.4. The van der Waals surface area contributed by atoms with Crippen molar-refractivity contribution < 1.29 is 18.7 Å². The van der Waals surface area contributed by atoms with Crippen LogP contribution < -0.4 is 0 Å². The Morgan fingerprint density at radius 3 is 2.83 bits per heavy atom. The zero-order valence-corrected chi connectivity index (χ0v) is 14.7. The van der Waals surface area contributed by atoms with Crippen LogP contribution in [-0.2, 0) is 9.53 Å². The molecule has 1 heterocycles. The van der Waals surface area contributed by atoms with Gasteiger partial charge in [0.2, 0.25) is 0 Å². The molecule has 6 heteroatoms. The number of benzene rings is 1. The Labute approximate surface area is 147 Å². The molecule has 1 atom stereocenters. The van der Waals surface area contributed by atoms with Crippen LogP contribution in [-0.4, -0.2) is 24.6 Å². The van der Waals surface area contributed by atoms with Gasteiger partial charge < -0.3 is 9.15 Å². The maximum Gasteiger partial charge on any atom is 0.339 e. The SMILES string of the molecule is COC(=O)c1cccc(N=C2CC(=O)CC(c3ccco3)C2)c1Br. The van der Waals surface area contributed by atoms with Crippen molar-refractivity contribution in [1.29, 1.82) is 0 Å². The van der Waals surface area contributed by atoms with Crippen molar-refractivity contribution in [1.82, 2.24) is 0 Å². The van der Waals surface area contributed by atoms with E-state index in [0.29, 0.717) is 35.0 Å². The van der Waals surface area contributed by atoms with Crippen LogP contribution >= 0.6 is 15.9 Å². The van der Waals surface area contributed by atoms with Crippen molar-refractivity contribution >= 4 is 39.1 Å². The van der Waals surface area contributed by atoms with E-state index < -0.39 is 5.97 Å². The van der Waals surface area contributed by atoms with Gasteiger partial charge >= 0.3 is 5.97 Å². The minimum atomic E-state index is -0.433. The summed E-state index contributed by atoms with van der Waals surface area (Å²) in [5.41, 5.74) is 1.81. The zero-order valence-electron chi connectivity index (χ0n) is 13.1. The number of methoxy groups -OCH3 is 1. The van der Waals surface area contributed by atoms with Crippen molar-refractivity contribution in [3.63, 3.8) is 0 Å². The molecule has 0 N–H and O–H groups in total. The van der Waals surface area contributed by atoms with Gasteiger partial charge in [-0.2, -0.15) is 0 Å². The molecule has 124 valence electrons. The summed E-state index contributed by atoms with van der Waals surface area (Å²) in [5, 5.41) is 0. The van der Waals surface area contributed by atoms with E-state index in [1.165, 1.54) is 7.11 Å². The maximum absolute atomic E-state index is 12.1. The lowest BCUT2D eigenvalue weighted by Gasteiger charge is -2.21. The van der Waals surface area contributed by atoms with Crippen LogP contribution in [0, 0.1) is 0 Å². The summed E-state index contributed by atoms with van der Waals surface area (Å²) < 4.78 is 10.8. The van der Waals surface area contributed by atoms with E-state index in [2.05, 4.69) is 20.9 Å². The van der Waals surface area contributed by atoms with E-state index in [-0.39, 0.29) is 11.7 Å². The first-order valence-corrected chi connectivity index (χ1v) is 8.36. The van der Waals surface area contributed by atoms with E-state index in [9.17, 15) is 9.59 Å². The molecule has 1 unspecified atom stereocenters. The topological polar surface area (TPSA) is 68.9 Å². The first kappa shape index (κ1) is 16.6. The Balaban J connectivity index is 1.90. The quantitative estimate of drug-likeness (QED) is 0.727. The van der Waals surface area contributed by atoms with E-state index in [1.54, 1.807) is 24.5 Å². The highest BCUT2D eigenvalue weighted by Crippen LogP contribution is 2.34. The Hall–Kier alpha value is -2.21. The monoisotopic (exact) mass is 389 g/mol. The number of nitrogens with zero attached hydrogens (tertiary/aromatic N) is 1. The van der Waals surface area contributed by atoms with E-state index in [4.69, 9.17) is 9.15 Å². The third-order valence-corrected chi connectivity index (χ3v) is 4.80. The molecule has 0 bridgehead atoms. The lowest BCUT2D eigenvalue weighted by Crippen LogP contribution is -2.21. The third kappa shape index (κ3) is 3.48. The number of hydrogen-bond donors (Lipinski definition) is 0. The number of ether oxygens (including phenoxy) is 1. The minimum Gasteiger partial charge on any atom is -0.469 e. The van der Waals surface area contributed by atoms with E-state index >= 15 is 0 Å². The number of rotatable bonds is 3. The Morgan fingerprint density at radius 1 is 1.29 bits per heavy atom. The van der Waals surface area contributed by atoms with Crippen LogP contribution in [0.15, 0.2) is 50.5 Å². The normalized spacial score (nSPS) is 19.5. The molecule has 1 aromatic carbocycles. The van der Waals surface area contributed by atoms with Gasteiger partial charge in [0.1, 0.15) is 11.5 Å². The second-order valence-electron chi connectivity index (χ2n) is 5.64. The predicted octanol–water partition coefficient (Wildman–Crippen LogP) is 4.44. The number of carbonyl (C=O) groups excluding carboxylic acids is 2. The first-order chi connectivity index (χ1) is 11.6. The van der Waals surface area contributed by atoms with Gasteiger partial charge in [0.05, 0.1) is 29.1 Å². The minimum absolute atomic E-state index is 0.0163. The number of halogens is 1. The van der Waals surface area contributed by atoms with Crippen LogP contribution in [0.3, 0.4) is 0 Å². The molecule has 1 fully saturated rings. The molecule has 2 aromatic rings. The van der Waals surface area contributed by atoms with Crippen LogP contribution in [0.1, 0.15) is 41.3 Å². The lowest BCUT2D eigenvalue weighted by atomic mass is 9.85. The second-order valence-corrected chi connectivity index (χ2v) is 6.44. The molecule has 5 nitrogen and oxygen atoms in total. The van der Waals surface area contributed by atoms with Gasteiger partial charge in [0, 0.05) is 24.5 Å². The average Bonchev–Trinajstić information content (AvgIpc) is 3.10. The summed E-state index contributed by atoms with van der Waals surface area (Å²) in [6.45, 7) is 0. The van der Waals surface area contributed by atoms with Crippen molar-refractivity contribution in [2.45, 2.75) is 25.2 Å². The number of furan rings is 1. The van der Waals surface area contributed by atoms with E-state index in [1.807, 2.05) is 12.1 Å². The van der Waals surface area contributed by atoms with Gasteiger partial charge in [-0.1, -0.05) is 6.07 Å². The largest absolute Gasteiger partial charge is 0.469 e. The lowest BCUT2D eigenvalue weighted by molar-refractivity contribution is -0.118. The molecule has 1 aromatic heterocycles. The molecule has 0 spiro atoms. The molecule has 3 rings (SSSR count). The van der Waals surface area contributed by atoms with Crippen LogP contribution in [0.25, 0.3) is 0 Å². The Morgan fingerprint density at radius 2 is 2.12 bits per heavy atom. The van der Waals surface area contributed by atoms with Crippen LogP contribution in [0.5, 0.6) is 0 Å². The van der Waals surface area contributed by atoms with Gasteiger partial charge in [-0.15, -0.1) is 0 Å². The molecule has 0 radical (unpaired) electrons. The molecule has 0 aliphatic heterocycles. The van der Waals surface area contributed by atoms with Gasteiger partial charge in [0.25, 0.3) is 0 Å². The number of carbonyl (C=O) groups is 2. The molecule has 1 saturated carbocycles. The van der Waals surface area contributed by atoms with Crippen molar-refractivity contribution in [2.24, 2.45) is 4.99 Å². The molecular formula is C18H16BrNO4. The fourth-order valence-corrected chi connectivity index (χ4v) is 3.37. The fourth-order valence-electron chi connectivity index (χ4n) is 2.86. The second kappa shape index (κ2) is 7.13. The Bertz CT molecular complexity index is 795. The van der Waals surface area contributed by atoms with Gasteiger partial charge in [0.15, 0.2) is 0 Å². The number of aliphatic imine (C=N–C) groups is 1. The number of esters is 1. The summed E-state index contributed by atoms with van der Waals surface area (Å²) in [6.07, 6.45) is 3.07. The third-order valence-electron chi connectivity index (χ3n) is 3.97. The maximum atomic E-state index is 12.1. The fraction of sp³-hybridized carbons (Fsp3) is 0.278. The van der Waals surface area contributed by atoms with Gasteiger partial charge in [-0.3, -0.25) is 9.79 Å². The smallest absolute Gasteiger partial charge is 0.339 e. The summed E-state index contributed by atoms with van der Waals surface area (Å²) in [5.74, 6) is 0.527. The van der Waals surface area contributed by atoms with Gasteiger partial charge in [-0.05, 0) is 46.6 Å². The van der Waals surface area contributed by atoms with Crippen LogP contribution in [0.2, 0.25) is 0 Å². The van der Waals surface area contributed by atoms with E-state index in [0.717, 1.165) is 11.5 Å². The summed E-state index contributed by atoms with van der Waals surface area (Å²) >= 11 is 3.41. The van der Waals surface area contributed by atoms with Crippen molar-refractivity contribution in [3.05, 3.63) is 52.4 Å². The van der Waals surface area contributed by atoms with Crippen LogP contribution in [0.4, 0.5) is 5.69 Å². The average molecular weight is 390 g/mol. The molecule has 1 aliphatic rings. The Kier molecular flexibility index (Phi) is 4.94. The molecule has 0 amide bonds. The molecule has 0 saturated heterocycles. The number of ketones is 1. The number of hydrogen-bond acceptors (Lipinski definition) is 5. The number of Topliss-reactive ketones (excluding diaryl/α,β-unsaturated/α-hetero) is 1. The standard InChI is InChI=1S/C18H16BrNO4/c1-23-18(22)14-4-2-5-15(17(14)19)20-12-8-11(9-13(21)10-12)16-6-3-7-24-16/h2-7,11H,8-10H2,1H3.